The van der Waals surface area contributed by atoms with Crippen LogP contribution in [-0.2, 0) is 11.2 Å². The molecular formula is C13H12O2S3. The standard InChI is InChI=1S/C13H12O2S3/c1-3-7-5-8-11(16-7)12-9(17-8)6-10(18-12)13(14)15-4-2/h5-6H,3-4H2,1-2H3. The SMILES string of the molecule is CCOC(=O)c1cc2sc3cc(CC)sc3c2s1. The summed E-state index contributed by atoms with van der Waals surface area (Å²) in [4.78, 5) is 13.8. The van der Waals surface area contributed by atoms with Gasteiger partial charge in [-0.15, -0.1) is 34.0 Å². The van der Waals surface area contributed by atoms with Crippen molar-refractivity contribution in [1.29, 1.82) is 0 Å². The Morgan fingerprint density at radius 3 is 2.56 bits per heavy atom. The molecule has 0 aliphatic carbocycles. The van der Waals surface area contributed by atoms with Gasteiger partial charge in [-0.25, -0.2) is 4.79 Å². The number of hydrogen-bond donors (Lipinski definition) is 0. The Kier molecular flexibility index (Phi) is 3.13. The Morgan fingerprint density at radius 2 is 1.83 bits per heavy atom. The van der Waals surface area contributed by atoms with Gasteiger partial charge in [-0.05, 0) is 25.5 Å². The Balaban J connectivity index is 2.11. The molecule has 5 heteroatoms. The molecule has 3 aromatic heterocycles. The Hall–Kier alpha value is -0.910. The van der Waals surface area contributed by atoms with Crippen molar-refractivity contribution in [2.24, 2.45) is 0 Å². The molecule has 3 rings (SSSR count). The highest BCUT2D eigenvalue weighted by atomic mass is 32.1. The van der Waals surface area contributed by atoms with Gasteiger partial charge in [0, 0.05) is 14.3 Å². The molecular weight excluding hydrogens is 284 g/mol. The second kappa shape index (κ2) is 4.64. The normalized spacial score (nSPS) is 11.4. The van der Waals surface area contributed by atoms with Crippen molar-refractivity contribution >= 4 is 58.8 Å². The predicted molar refractivity (Wildman–Crippen MR) is 80.4 cm³/mol. The molecule has 0 saturated carbocycles. The van der Waals surface area contributed by atoms with Crippen LogP contribution in [-0.4, -0.2) is 12.6 Å². The van der Waals surface area contributed by atoms with E-state index in [0.717, 1.165) is 6.42 Å². The fourth-order valence-corrected chi connectivity index (χ4v) is 5.74. The summed E-state index contributed by atoms with van der Waals surface area (Å²) in [5, 5.41) is 0. The number of esters is 1. The molecule has 0 aliphatic heterocycles. The van der Waals surface area contributed by atoms with Crippen molar-refractivity contribution in [2.75, 3.05) is 6.61 Å². The molecule has 0 saturated heterocycles. The minimum Gasteiger partial charge on any atom is -0.462 e. The van der Waals surface area contributed by atoms with E-state index < -0.39 is 0 Å². The molecule has 3 heterocycles. The van der Waals surface area contributed by atoms with E-state index in [1.54, 1.807) is 22.7 Å². The van der Waals surface area contributed by atoms with Crippen molar-refractivity contribution in [3.63, 3.8) is 0 Å². The number of thiophene rings is 3. The third kappa shape index (κ3) is 1.86. The molecule has 0 amide bonds. The minimum atomic E-state index is -0.202. The van der Waals surface area contributed by atoms with Gasteiger partial charge < -0.3 is 4.74 Å². The maximum Gasteiger partial charge on any atom is 0.348 e. The molecule has 2 nitrogen and oxygen atoms in total. The fourth-order valence-electron chi connectivity index (χ4n) is 1.86. The van der Waals surface area contributed by atoms with Crippen LogP contribution in [0.25, 0.3) is 18.8 Å². The van der Waals surface area contributed by atoms with Gasteiger partial charge in [0.25, 0.3) is 0 Å². The van der Waals surface area contributed by atoms with Crippen LogP contribution in [0.15, 0.2) is 12.1 Å². The van der Waals surface area contributed by atoms with E-state index in [0.29, 0.717) is 11.5 Å². The van der Waals surface area contributed by atoms with Crippen LogP contribution in [0.4, 0.5) is 0 Å². The quantitative estimate of drug-likeness (QED) is 0.641. The summed E-state index contributed by atoms with van der Waals surface area (Å²) < 4.78 is 10.2. The first kappa shape index (κ1) is 12.1. The van der Waals surface area contributed by atoms with Crippen LogP contribution < -0.4 is 0 Å². The predicted octanol–water partition coefficient (Wildman–Crippen LogP) is 4.92. The Labute approximate surface area is 117 Å². The Bertz CT molecular complexity index is 717. The largest absolute Gasteiger partial charge is 0.462 e. The lowest BCUT2D eigenvalue weighted by molar-refractivity contribution is 0.0532. The zero-order valence-corrected chi connectivity index (χ0v) is 12.6. The van der Waals surface area contributed by atoms with Gasteiger partial charge in [-0.1, -0.05) is 6.92 Å². The maximum atomic E-state index is 11.7. The highest BCUT2D eigenvalue weighted by molar-refractivity contribution is 7.38. The number of fused-ring (bicyclic) bond motifs is 3. The maximum absolute atomic E-state index is 11.7. The van der Waals surface area contributed by atoms with E-state index in [2.05, 4.69) is 13.0 Å². The lowest BCUT2D eigenvalue weighted by atomic mass is 10.4. The third-order valence-corrected chi connectivity index (χ3v) is 6.60. The first-order valence-corrected chi connectivity index (χ1v) is 8.29. The monoisotopic (exact) mass is 296 g/mol. The molecule has 18 heavy (non-hydrogen) atoms. The number of carbonyl (C=O) groups excluding carboxylic acids is 1. The summed E-state index contributed by atoms with van der Waals surface area (Å²) >= 11 is 5.16. The number of carbonyl (C=O) groups is 1. The molecule has 94 valence electrons. The van der Waals surface area contributed by atoms with Crippen molar-refractivity contribution in [3.8, 4) is 0 Å². The van der Waals surface area contributed by atoms with Crippen molar-refractivity contribution in [3.05, 3.63) is 21.9 Å². The van der Waals surface area contributed by atoms with Gasteiger partial charge in [-0.2, -0.15) is 0 Å². The molecule has 0 spiro atoms. The van der Waals surface area contributed by atoms with E-state index in [1.807, 2.05) is 24.3 Å². The minimum absolute atomic E-state index is 0.202. The van der Waals surface area contributed by atoms with Gasteiger partial charge in [0.05, 0.1) is 16.0 Å². The number of ether oxygens (including phenoxy) is 1. The molecule has 0 unspecified atom stereocenters. The van der Waals surface area contributed by atoms with E-state index in [-0.39, 0.29) is 5.97 Å². The first-order valence-electron chi connectivity index (χ1n) is 5.84. The lowest BCUT2D eigenvalue weighted by Crippen LogP contribution is -2.01. The van der Waals surface area contributed by atoms with Gasteiger partial charge in [-0.3, -0.25) is 0 Å². The van der Waals surface area contributed by atoms with Crippen LogP contribution in [0.5, 0.6) is 0 Å². The molecule has 0 N–H and O–H groups in total. The molecule has 3 aromatic rings. The van der Waals surface area contributed by atoms with Crippen LogP contribution in [0.3, 0.4) is 0 Å². The van der Waals surface area contributed by atoms with E-state index in [1.165, 1.54) is 23.7 Å². The van der Waals surface area contributed by atoms with Crippen molar-refractivity contribution in [2.45, 2.75) is 20.3 Å². The van der Waals surface area contributed by atoms with Gasteiger partial charge in [0.2, 0.25) is 0 Å². The second-order valence-corrected chi connectivity index (χ2v) is 7.16. The fraction of sp³-hybridized carbons (Fsp3) is 0.308. The first-order chi connectivity index (χ1) is 8.72. The summed E-state index contributed by atoms with van der Waals surface area (Å²) in [7, 11) is 0. The van der Waals surface area contributed by atoms with E-state index in [4.69, 9.17) is 4.74 Å². The summed E-state index contributed by atoms with van der Waals surface area (Å²) in [6.07, 6.45) is 1.07. The molecule has 0 aromatic carbocycles. The van der Waals surface area contributed by atoms with Crippen LogP contribution in [0.1, 0.15) is 28.4 Å². The van der Waals surface area contributed by atoms with Crippen molar-refractivity contribution in [1.82, 2.24) is 0 Å². The van der Waals surface area contributed by atoms with Crippen LogP contribution in [0, 0.1) is 0 Å². The highest BCUT2D eigenvalue weighted by Crippen LogP contribution is 2.43. The van der Waals surface area contributed by atoms with Gasteiger partial charge >= 0.3 is 5.97 Å². The Morgan fingerprint density at radius 1 is 1.11 bits per heavy atom. The zero-order chi connectivity index (χ0) is 12.7. The molecule has 0 fully saturated rings. The lowest BCUT2D eigenvalue weighted by Gasteiger charge is -1.96. The van der Waals surface area contributed by atoms with E-state index in [9.17, 15) is 4.79 Å². The van der Waals surface area contributed by atoms with Gasteiger partial charge in [0.1, 0.15) is 4.88 Å². The van der Waals surface area contributed by atoms with Crippen LogP contribution >= 0.6 is 34.0 Å². The smallest absolute Gasteiger partial charge is 0.348 e. The number of rotatable bonds is 3. The summed E-state index contributed by atoms with van der Waals surface area (Å²) in [6, 6.07) is 4.22. The number of aryl methyl sites for hydroxylation is 1. The molecule has 0 atom stereocenters. The van der Waals surface area contributed by atoms with Gasteiger partial charge in [0.15, 0.2) is 0 Å². The third-order valence-electron chi connectivity index (χ3n) is 2.70. The topological polar surface area (TPSA) is 26.3 Å². The molecule has 0 bridgehead atoms. The van der Waals surface area contributed by atoms with Crippen molar-refractivity contribution < 1.29 is 9.53 Å². The zero-order valence-electron chi connectivity index (χ0n) is 10.1. The average Bonchev–Trinajstić information content (AvgIpc) is 2.97. The van der Waals surface area contributed by atoms with Crippen LogP contribution in [0.2, 0.25) is 0 Å². The summed E-state index contributed by atoms with van der Waals surface area (Å²) in [5.41, 5.74) is 0. The average molecular weight is 296 g/mol. The summed E-state index contributed by atoms with van der Waals surface area (Å²) in [5.74, 6) is -0.202. The molecule has 0 aliphatic rings. The van der Waals surface area contributed by atoms with E-state index >= 15 is 0 Å². The highest BCUT2D eigenvalue weighted by Gasteiger charge is 2.16. The molecule has 0 radical (unpaired) electrons. The number of hydrogen-bond acceptors (Lipinski definition) is 5. The summed E-state index contributed by atoms with van der Waals surface area (Å²) in [6.45, 7) is 4.43. The second-order valence-electron chi connectivity index (χ2n) is 3.89.